The van der Waals surface area contributed by atoms with Gasteiger partial charge in [0, 0.05) is 12.2 Å². The van der Waals surface area contributed by atoms with Gasteiger partial charge in [-0.05, 0) is 56.1 Å². The van der Waals surface area contributed by atoms with Crippen molar-refractivity contribution in [3.8, 4) is 0 Å². The first-order valence-electron chi connectivity index (χ1n) is 8.26. The van der Waals surface area contributed by atoms with Crippen LogP contribution in [0.4, 0.5) is 4.79 Å². The van der Waals surface area contributed by atoms with Crippen LogP contribution in [0.25, 0.3) is 0 Å². The molecule has 4 atom stereocenters. The number of nitrogens with zero attached hydrogens (tertiary/aromatic N) is 1. The van der Waals surface area contributed by atoms with Crippen molar-refractivity contribution in [1.29, 1.82) is 0 Å². The number of carbonyl (C=O) groups excluding carboxylic acids is 2. The van der Waals surface area contributed by atoms with E-state index < -0.39 is 0 Å². The number of nitrogens with one attached hydrogen (secondary N) is 2. The van der Waals surface area contributed by atoms with E-state index in [-0.39, 0.29) is 23.7 Å². The molecule has 0 spiro atoms. The molecule has 5 nitrogen and oxygen atoms in total. The molecule has 1 aromatic rings. The number of carbonyl (C=O) groups is 2. The number of rotatable bonds is 5. The molecule has 3 amide bonds. The zero-order valence-corrected chi connectivity index (χ0v) is 14.1. The summed E-state index contributed by atoms with van der Waals surface area (Å²) in [7, 11) is 0. The van der Waals surface area contributed by atoms with Gasteiger partial charge in [-0.1, -0.05) is 24.2 Å². The third-order valence-corrected chi connectivity index (χ3v) is 5.98. The minimum Gasteiger partial charge on any atom is -0.335 e. The van der Waals surface area contributed by atoms with E-state index in [1.807, 2.05) is 18.2 Å². The number of amides is 3. The summed E-state index contributed by atoms with van der Waals surface area (Å²) in [6.07, 6.45) is 6.86. The van der Waals surface area contributed by atoms with E-state index in [1.165, 1.54) is 37.4 Å². The normalized spacial score (nSPS) is 26.7. The molecule has 0 unspecified atom stereocenters. The van der Waals surface area contributed by atoms with E-state index >= 15 is 0 Å². The molecule has 0 aliphatic heterocycles. The largest absolute Gasteiger partial charge is 0.335 e. The molecule has 0 aromatic carbocycles. The molecule has 2 bridgehead atoms. The summed E-state index contributed by atoms with van der Waals surface area (Å²) >= 11 is 1.32. The second-order valence-corrected chi connectivity index (χ2v) is 7.60. The Labute approximate surface area is 141 Å². The van der Waals surface area contributed by atoms with Gasteiger partial charge in [0.15, 0.2) is 0 Å². The van der Waals surface area contributed by atoms with Gasteiger partial charge >= 0.3 is 6.03 Å². The molecule has 124 valence electrons. The molecule has 2 fully saturated rings. The van der Waals surface area contributed by atoms with E-state index in [9.17, 15) is 9.59 Å². The monoisotopic (exact) mass is 333 g/mol. The van der Waals surface area contributed by atoms with Gasteiger partial charge in [-0.3, -0.25) is 10.1 Å². The van der Waals surface area contributed by atoms with Crippen molar-refractivity contribution in [3.05, 3.63) is 24.4 Å². The highest BCUT2D eigenvalue weighted by Crippen LogP contribution is 2.49. The van der Waals surface area contributed by atoms with Gasteiger partial charge in [0.25, 0.3) is 0 Å². The number of urea groups is 1. The van der Waals surface area contributed by atoms with Gasteiger partial charge < -0.3 is 5.32 Å². The summed E-state index contributed by atoms with van der Waals surface area (Å²) in [5.74, 6) is 2.07. The Kier molecular flexibility index (Phi) is 5.20. The quantitative estimate of drug-likeness (QED) is 0.813. The molecule has 2 N–H and O–H groups in total. The standard InChI is InChI=1S/C17H23N3O2S/c1-11(14-9-12-5-6-13(14)8-12)19-17(22)20-15(21)10-23-16-4-2-3-7-18-16/h2-4,7,11-14H,5-6,8-10H2,1H3,(H2,19,20,21,22)/t11-,12+,13+,14-/m1/s1. The molecule has 23 heavy (non-hydrogen) atoms. The van der Waals surface area contributed by atoms with E-state index in [0.717, 1.165) is 16.9 Å². The Morgan fingerprint density at radius 3 is 2.87 bits per heavy atom. The summed E-state index contributed by atoms with van der Waals surface area (Å²) in [5, 5.41) is 6.13. The number of aromatic nitrogens is 1. The van der Waals surface area contributed by atoms with Crippen LogP contribution in [-0.2, 0) is 4.79 Å². The highest BCUT2D eigenvalue weighted by atomic mass is 32.2. The van der Waals surface area contributed by atoms with Crippen LogP contribution in [0.3, 0.4) is 0 Å². The Hall–Kier alpha value is -1.56. The van der Waals surface area contributed by atoms with Crippen molar-refractivity contribution in [2.24, 2.45) is 17.8 Å². The highest BCUT2D eigenvalue weighted by Gasteiger charge is 2.42. The van der Waals surface area contributed by atoms with Gasteiger partial charge in [-0.25, -0.2) is 9.78 Å². The fourth-order valence-corrected chi connectivity index (χ4v) is 4.65. The Morgan fingerprint density at radius 1 is 1.35 bits per heavy atom. The van der Waals surface area contributed by atoms with Crippen molar-refractivity contribution >= 4 is 23.7 Å². The van der Waals surface area contributed by atoms with Crippen LogP contribution in [-0.4, -0.2) is 28.7 Å². The number of hydrogen-bond acceptors (Lipinski definition) is 4. The Morgan fingerprint density at radius 2 is 2.22 bits per heavy atom. The SMILES string of the molecule is C[C@@H](NC(=O)NC(=O)CSc1ccccn1)[C@H]1C[C@H]2CC[C@H]1C2. The Bertz CT molecular complexity index is 566. The van der Waals surface area contributed by atoms with E-state index in [2.05, 4.69) is 22.5 Å². The summed E-state index contributed by atoms with van der Waals surface area (Å²) in [6, 6.07) is 5.29. The number of hydrogen-bond donors (Lipinski definition) is 2. The van der Waals surface area contributed by atoms with Crippen molar-refractivity contribution in [1.82, 2.24) is 15.6 Å². The van der Waals surface area contributed by atoms with Gasteiger partial charge in [0.05, 0.1) is 10.8 Å². The molecular formula is C17H23N3O2S. The molecule has 1 aromatic heterocycles. The average Bonchev–Trinajstić information content (AvgIpc) is 3.17. The first kappa shape index (κ1) is 16.3. The molecule has 2 saturated carbocycles. The first-order valence-corrected chi connectivity index (χ1v) is 9.24. The lowest BCUT2D eigenvalue weighted by Crippen LogP contribution is -2.47. The minimum atomic E-state index is -0.383. The lowest BCUT2D eigenvalue weighted by molar-refractivity contribution is -0.117. The van der Waals surface area contributed by atoms with Crippen molar-refractivity contribution in [2.75, 3.05) is 5.75 Å². The maximum Gasteiger partial charge on any atom is 0.321 e. The molecule has 3 rings (SSSR count). The second-order valence-electron chi connectivity index (χ2n) is 6.61. The summed E-state index contributed by atoms with van der Waals surface area (Å²) in [4.78, 5) is 27.9. The smallest absolute Gasteiger partial charge is 0.321 e. The summed E-state index contributed by atoms with van der Waals surface area (Å²) in [6.45, 7) is 2.05. The molecule has 2 aliphatic rings. The average molecular weight is 333 g/mol. The molecule has 6 heteroatoms. The third-order valence-electron chi connectivity index (χ3n) is 5.04. The van der Waals surface area contributed by atoms with Gasteiger partial charge in [-0.2, -0.15) is 0 Å². The first-order chi connectivity index (χ1) is 11.1. The fraction of sp³-hybridized carbons (Fsp3) is 0.588. The molecular weight excluding hydrogens is 310 g/mol. The van der Waals surface area contributed by atoms with Crippen LogP contribution in [0.1, 0.15) is 32.6 Å². The van der Waals surface area contributed by atoms with E-state index in [4.69, 9.17) is 0 Å². The summed E-state index contributed by atoms with van der Waals surface area (Å²) < 4.78 is 0. The van der Waals surface area contributed by atoms with Crippen LogP contribution in [0.5, 0.6) is 0 Å². The fourth-order valence-electron chi connectivity index (χ4n) is 3.99. The topological polar surface area (TPSA) is 71.1 Å². The lowest BCUT2D eigenvalue weighted by Gasteiger charge is -2.28. The van der Waals surface area contributed by atoms with Crippen LogP contribution in [0.15, 0.2) is 29.4 Å². The predicted octanol–water partition coefficient (Wildman–Crippen LogP) is 2.82. The van der Waals surface area contributed by atoms with Crippen molar-refractivity contribution in [3.63, 3.8) is 0 Å². The molecule has 0 saturated heterocycles. The third kappa shape index (κ3) is 4.25. The number of pyridine rings is 1. The van der Waals surface area contributed by atoms with E-state index in [0.29, 0.717) is 5.92 Å². The zero-order chi connectivity index (χ0) is 16.2. The predicted molar refractivity (Wildman–Crippen MR) is 90.0 cm³/mol. The van der Waals surface area contributed by atoms with Crippen molar-refractivity contribution < 1.29 is 9.59 Å². The molecule has 2 aliphatic carbocycles. The van der Waals surface area contributed by atoms with Gasteiger partial charge in [0.1, 0.15) is 0 Å². The highest BCUT2D eigenvalue weighted by molar-refractivity contribution is 7.99. The summed E-state index contributed by atoms with van der Waals surface area (Å²) in [5.41, 5.74) is 0. The van der Waals surface area contributed by atoms with Gasteiger partial charge in [-0.15, -0.1) is 0 Å². The van der Waals surface area contributed by atoms with Crippen LogP contribution < -0.4 is 10.6 Å². The zero-order valence-electron chi connectivity index (χ0n) is 13.3. The number of fused-ring (bicyclic) bond motifs is 2. The van der Waals surface area contributed by atoms with E-state index in [1.54, 1.807) is 6.20 Å². The maximum absolute atomic E-state index is 12.0. The molecule has 0 radical (unpaired) electrons. The maximum atomic E-state index is 12.0. The second kappa shape index (κ2) is 7.34. The van der Waals surface area contributed by atoms with Crippen LogP contribution >= 0.6 is 11.8 Å². The van der Waals surface area contributed by atoms with Crippen LogP contribution in [0.2, 0.25) is 0 Å². The van der Waals surface area contributed by atoms with Crippen LogP contribution in [0, 0.1) is 17.8 Å². The van der Waals surface area contributed by atoms with Gasteiger partial charge in [0.2, 0.25) is 5.91 Å². The minimum absolute atomic E-state index is 0.126. The number of thioether (sulfide) groups is 1. The molecule has 1 heterocycles. The number of imide groups is 1. The Balaban J connectivity index is 1.39. The van der Waals surface area contributed by atoms with Crippen molar-refractivity contribution in [2.45, 2.75) is 43.7 Å². The lowest BCUT2D eigenvalue weighted by atomic mass is 9.84.